The summed E-state index contributed by atoms with van der Waals surface area (Å²) >= 11 is 0. The molecule has 0 aromatic heterocycles. The van der Waals surface area contributed by atoms with Crippen molar-refractivity contribution in [2.24, 2.45) is 0 Å². The largest absolute Gasteiger partial charge is 0.339 e. The minimum Gasteiger partial charge on any atom is -0.339 e. The molecule has 2 heteroatoms. The van der Waals surface area contributed by atoms with Crippen LogP contribution in [0.2, 0.25) is 0 Å². The predicted molar refractivity (Wildman–Crippen MR) is 55.2 cm³/mol. The third-order valence-electron chi connectivity index (χ3n) is 2.58. The van der Waals surface area contributed by atoms with E-state index < -0.39 is 0 Å². The summed E-state index contributed by atoms with van der Waals surface area (Å²) in [5.41, 5.74) is 1.82. The number of carbonyl (C=O) groups excluding carboxylic acids is 1. The van der Waals surface area contributed by atoms with Crippen LogP contribution < -0.4 is 0 Å². The molecule has 14 heavy (non-hydrogen) atoms. The summed E-state index contributed by atoms with van der Waals surface area (Å²) < 4.78 is 0. The number of benzene rings is 1. The monoisotopic (exact) mass is 188 g/mol. The van der Waals surface area contributed by atoms with Gasteiger partial charge >= 0.3 is 0 Å². The van der Waals surface area contributed by atoms with Gasteiger partial charge in [-0.1, -0.05) is 17.7 Å². The SMILES string of the molecule is Cc1cc[c]c(C(=O)N2CCCC2)c1. The summed E-state index contributed by atoms with van der Waals surface area (Å²) in [5, 5.41) is 0. The second-order valence-corrected chi connectivity index (χ2v) is 3.78. The lowest BCUT2D eigenvalue weighted by Gasteiger charge is -2.14. The molecule has 1 aromatic carbocycles. The van der Waals surface area contributed by atoms with Crippen LogP contribution >= 0.6 is 0 Å². The number of carbonyl (C=O) groups is 1. The van der Waals surface area contributed by atoms with Crippen molar-refractivity contribution < 1.29 is 4.79 Å². The standard InChI is InChI=1S/C12H14NO/c1-10-5-4-6-11(9-10)12(14)13-7-2-3-8-13/h4-5,9H,2-3,7-8H2,1H3. The van der Waals surface area contributed by atoms with E-state index in [9.17, 15) is 4.79 Å². The van der Waals surface area contributed by atoms with Crippen molar-refractivity contribution in [1.82, 2.24) is 4.90 Å². The number of rotatable bonds is 1. The molecule has 0 N–H and O–H groups in total. The number of nitrogens with zero attached hydrogens (tertiary/aromatic N) is 1. The molecule has 2 rings (SSSR count). The maximum Gasteiger partial charge on any atom is 0.254 e. The number of likely N-dealkylation sites (tertiary alicyclic amines) is 1. The van der Waals surface area contributed by atoms with Crippen molar-refractivity contribution >= 4 is 5.91 Å². The molecule has 73 valence electrons. The summed E-state index contributed by atoms with van der Waals surface area (Å²) in [7, 11) is 0. The zero-order chi connectivity index (χ0) is 9.97. The van der Waals surface area contributed by atoms with Gasteiger partial charge in [0.25, 0.3) is 5.91 Å². The zero-order valence-electron chi connectivity index (χ0n) is 8.42. The molecule has 0 unspecified atom stereocenters. The van der Waals surface area contributed by atoms with Crippen LogP contribution in [0.15, 0.2) is 18.2 Å². The fourth-order valence-electron chi connectivity index (χ4n) is 1.79. The Morgan fingerprint density at radius 1 is 1.43 bits per heavy atom. The van der Waals surface area contributed by atoms with E-state index in [1.165, 1.54) is 0 Å². The zero-order valence-corrected chi connectivity index (χ0v) is 8.42. The number of hydrogen-bond donors (Lipinski definition) is 0. The molecular weight excluding hydrogens is 174 g/mol. The molecule has 0 aliphatic carbocycles. The van der Waals surface area contributed by atoms with Crippen LogP contribution in [0, 0.1) is 13.0 Å². The van der Waals surface area contributed by atoms with E-state index in [1.54, 1.807) is 0 Å². The van der Waals surface area contributed by atoms with Crippen LogP contribution in [0.25, 0.3) is 0 Å². The molecule has 1 heterocycles. The molecule has 1 amide bonds. The van der Waals surface area contributed by atoms with E-state index in [-0.39, 0.29) is 5.91 Å². The quantitative estimate of drug-likeness (QED) is 0.660. The Balaban J connectivity index is 2.17. The molecule has 1 aromatic rings. The van der Waals surface area contributed by atoms with Crippen molar-refractivity contribution in [3.05, 3.63) is 35.4 Å². The van der Waals surface area contributed by atoms with Gasteiger partial charge in [-0.25, -0.2) is 0 Å². The Bertz CT molecular complexity index is 340. The van der Waals surface area contributed by atoms with Crippen LogP contribution in [0.4, 0.5) is 0 Å². The maximum absolute atomic E-state index is 11.9. The summed E-state index contributed by atoms with van der Waals surface area (Å²) in [4.78, 5) is 13.8. The molecule has 1 aliphatic heterocycles. The Hall–Kier alpha value is -1.31. The molecule has 0 atom stereocenters. The first-order valence-corrected chi connectivity index (χ1v) is 5.05. The minimum absolute atomic E-state index is 0.131. The molecule has 1 saturated heterocycles. The van der Waals surface area contributed by atoms with Crippen molar-refractivity contribution in [2.45, 2.75) is 19.8 Å². The minimum atomic E-state index is 0.131. The van der Waals surface area contributed by atoms with Gasteiger partial charge in [-0.3, -0.25) is 4.79 Å². The molecule has 2 nitrogen and oxygen atoms in total. The van der Waals surface area contributed by atoms with E-state index >= 15 is 0 Å². The van der Waals surface area contributed by atoms with Crippen molar-refractivity contribution in [3.8, 4) is 0 Å². The van der Waals surface area contributed by atoms with Crippen molar-refractivity contribution in [3.63, 3.8) is 0 Å². The molecular formula is C12H14NO. The molecule has 1 radical (unpaired) electrons. The second kappa shape index (κ2) is 3.82. The molecule has 0 bridgehead atoms. The molecule has 0 spiro atoms. The van der Waals surface area contributed by atoms with Crippen LogP contribution in [-0.2, 0) is 0 Å². The van der Waals surface area contributed by atoms with Gasteiger partial charge in [0.15, 0.2) is 0 Å². The third kappa shape index (κ3) is 1.79. The normalized spacial score (nSPS) is 15.9. The molecule has 0 saturated carbocycles. The third-order valence-corrected chi connectivity index (χ3v) is 2.58. The van der Waals surface area contributed by atoms with Gasteiger partial charge in [0.05, 0.1) is 0 Å². The van der Waals surface area contributed by atoms with Gasteiger partial charge in [0.2, 0.25) is 0 Å². The van der Waals surface area contributed by atoms with Gasteiger partial charge < -0.3 is 4.90 Å². The maximum atomic E-state index is 11.9. The molecule has 1 aliphatic rings. The number of aryl methyl sites for hydroxylation is 1. The Morgan fingerprint density at radius 2 is 2.14 bits per heavy atom. The van der Waals surface area contributed by atoms with Gasteiger partial charge in [0, 0.05) is 18.7 Å². The average molecular weight is 188 g/mol. The van der Waals surface area contributed by atoms with E-state index in [0.29, 0.717) is 5.56 Å². The van der Waals surface area contributed by atoms with Gasteiger partial charge in [-0.2, -0.15) is 0 Å². The lowest BCUT2D eigenvalue weighted by molar-refractivity contribution is 0.0792. The lowest BCUT2D eigenvalue weighted by Crippen LogP contribution is -2.27. The van der Waals surface area contributed by atoms with Crippen LogP contribution in [0.1, 0.15) is 28.8 Å². The summed E-state index contributed by atoms with van der Waals surface area (Å²) in [6, 6.07) is 8.68. The summed E-state index contributed by atoms with van der Waals surface area (Å²) in [5.74, 6) is 0.131. The Kier molecular flexibility index (Phi) is 2.53. The Labute approximate surface area is 84.5 Å². The molecule has 1 fully saturated rings. The fourth-order valence-corrected chi connectivity index (χ4v) is 1.79. The van der Waals surface area contributed by atoms with Crippen LogP contribution in [-0.4, -0.2) is 23.9 Å². The van der Waals surface area contributed by atoms with E-state index in [4.69, 9.17) is 0 Å². The predicted octanol–water partition coefficient (Wildman–Crippen LogP) is 2.03. The summed E-state index contributed by atoms with van der Waals surface area (Å²) in [6.07, 6.45) is 2.27. The highest BCUT2D eigenvalue weighted by atomic mass is 16.2. The lowest BCUT2D eigenvalue weighted by atomic mass is 10.1. The fraction of sp³-hybridized carbons (Fsp3) is 0.417. The van der Waals surface area contributed by atoms with Crippen LogP contribution in [0.5, 0.6) is 0 Å². The first-order chi connectivity index (χ1) is 6.77. The number of amides is 1. The topological polar surface area (TPSA) is 20.3 Å². The van der Waals surface area contributed by atoms with Crippen molar-refractivity contribution in [2.75, 3.05) is 13.1 Å². The highest BCUT2D eigenvalue weighted by Crippen LogP contribution is 2.13. The van der Waals surface area contributed by atoms with E-state index in [2.05, 4.69) is 6.07 Å². The van der Waals surface area contributed by atoms with E-state index in [0.717, 1.165) is 31.5 Å². The first-order valence-electron chi connectivity index (χ1n) is 5.05. The Morgan fingerprint density at radius 3 is 2.79 bits per heavy atom. The van der Waals surface area contributed by atoms with Gasteiger partial charge in [-0.15, -0.1) is 0 Å². The van der Waals surface area contributed by atoms with Crippen LogP contribution in [0.3, 0.4) is 0 Å². The van der Waals surface area contributed by atoms with Gasteiger partial charge in [-0.05, 0) is 31.9 Å². The number of hydrogen-bond acceptors (Lipinski definition) is 1. The smallest absolute Gasteiger partial charge is 0.254 e. The highest BCUT2D eigenvalue weighted by Gasteiger charge is 2.19. The van der Waals surface area contributed by atoms with E-state index in [1.807, 2.05) is 30.0 Å². The first kappa shape index (κ1) is 9.25. The van der Waals surface area contributed by atoms with Crippen molar-refractivity contribution in [1.29, 1.82) is 0 Å². The second-order valence-electron chi connectivity index (χ2n) is 3.78. The van der Waals surface area contributed by atoms with Gasteiger partial charge in [0.1, 0.15) is 0 Å². The highest BCUT2D eigenvalue weighted by molar-refractivity contribution is 5.94. The summed E-state index contributed by atoms with van der Waals surface area (Å²) in [6.45, 7) is 3.80. The average Bonchev–Trinajstić information content (AvgIpc) is 2.69.